The third-order valence-corrected chi connectivity index (χ3v) is 3.16. The molecule has 2 unspecified atom stereocenters. The van der Waals surface area contributed by atoms with E-state index in [2.05, 4.69) is 11.8 Å². The fourth-order valence-electron chi connectivity index (χ4n) is 2.05. The maximum Gasteiger partial charge on any atom is 0.0724 e. The zero-order chi connectivity index (χ0) is 10.4. The predicted molar refractivity (Wildman–Crippen MR) is 57.3 cm³/mol. The summed E-state index contributed by atoms with van der Waals surface area (Å²) in [5.74, 6) is 0.689. The third-order valence-electron chi connectivity index (χ3n) is 3.16. The van der Waals surface area contributed by atoms with Gasteiger partial charge in [-0.15, -0.1) is 0 Å². The molecule has 0 aromatic heterocycles. The van der Waals surface area contributed by atoms with Crippen molar-refractivity contribution in [3.8, 4) is 0 Å². The molecule has 14 heavy (non-hydrogen) atoms. The molecular formula is C11H23NO2. The van der Waals surface area contributed by atoms with Gasteiger partial charge in [0.2, 0.25) is 0 Å². The molecule has 0 aromatic rings. The second kappa shape index (κ2) is 6.38. The van der Waals surface area contributed by atoms with Crippen LogP contribution in [0.25, 0.3) is 0 Å². The maximum absolute atomic E-state index is 8.69. The lowest BCUT2D eigenvalue weighted by atomic mass is 9.96. The van der Waals surface area contributed by atoms with Crippen LogP contribution in [0.3, 0.4) is 0 Å². The molecule has 3 heteroatoms. The summed E-state index contributed by atoms with van der Waals surface area (Å²) in [5.41, 5.74) is 0. The molecule has 1 aliphatic heterocycles. The Labute approximate surface area is 87.1 Å². The number of methoxy groups -OCH3 is 1. The van der Waals surface area contributed by atoms with Gasteiger partial charge in [-0.2, -0.15) is 0 Å². The van der Waals surface area contributed by atoms with E-state index >= 15 is 0 Å². The standard InChI is InChI=1S/C11H23NO2/c1-10-5-7-12(6-3-4-8-13)9-11(10)14-2/h10-11,13H,3-9H2,1-2H3. The van der Waals surface area contributed by atoms with Gasteiger partial charge >= 0.3 is 0 Å². The van der Waals surface area contributed by atoms with E-state index in [-0.39, 0.29) is 0 Å². The van der Waals surface area contributed by atoms with E-state index in [0.717, 1.165) is 25.9 Å². The summed E-state index contributed by atoms with van der Waals surface area (Å²) in [6, 6.07) is 0. The van der Waals surface area contributed by atoms with E-state index in [4.69, 9.17) is 9.84 Å². The lowest BCUT2D eigenvalue weighted by Crippen LogP contribution is -2.44. The Balaban J connectivity index is 2.21. The van der Waals surface area contributed by atoms with Crippen molar-refractivity contribution < 1.29 is 9.84 Å². The first kappa shape index (κ1) is 12.0. The Morgan fingerprint density at radius 2 is 2.21 bits per heavy atom. The Kier molecular flexibility index (Phi) is 5.45. The van der Waals surface area contributed by atoms with Gasteiger partial charge in [0.15, 0.2) is 0 Å². The topological polar surface area (TPSA) is 32.7 Å². The van der Waals surface area contributed by atoms with Crippen LogP contribution in [0, 0.1) is 5.92 Å². The van der Waals surface area contributed by atoms with Gasteiger partial charge in [0.1, 0.15) is 0 Å². The molecule has 0 amide bonds. The number of unbranched alkanes of at least 4 members (excludes halogenated alkanes) is 1. The fourth-order valence-corrected chi connectivity index (χ4v) is 2.05. The second-order valence-corrected chi connectivity index (χ2v) is 4.27. The molecule has 2 atom stereocenters. The van der Waals surface area contributed by atoms with Crippen LogP contribution < -0.4 is 0 Å². The van der Waals surface area contributed by atoms with Crippen molar-refractivity contribution in [2.45, 2.75) is 32.3 Å². The van der Waals surface area contributed by atoms with Gasteiger partial charge in [0.05, 0.1) is 6.10 Å². The maximum atomic E-state index is 8.69. The van der Waals surface area contributed by atoms with E-state index in [1.54, 1.807) is 7.11 Å². The van der Waals surface area contributed by atoms with Crippen molar-refractivity contribution in [3.05, 3.63) is 0 Å². The van der Waals surface area contributed by atoms with Gasteiger partial charge in [0, 0.05) is 20.3 Å². The zero-order valence-electron chi connectivity index (χ0n) is 9.41. The summed E-state index contributed by atoms with van der Waals surface area (Å²) in [7, 11) is 1.80. The number of aliphatic hydroxyl groups is 1. The number of hydrogen-bond donors (Lipinski definition) is 1. The molecule has 1 fully saturated rings. The molecule has 84 valence electrons. The Morgan fingerprint density at radius 1 is 1.43 bits per heavy atom. The van der Waals surface area contributed by atoms with E-state index < -0.39 is 0 Å². The first-order valence-electron chi connectivity index (χ1n) is 5.64. The van der Waals surface area contributed by atoms with Crippen molar-refractivity contribution in [1.29, 1.82) is 0 Å². The van der Waals surface area contributed by atoms with Crippen LogP contribution in [-0.2, 0) is 4.74 Å². The molecule has 0 aliphatic carbocycles. The highest BCUT2D eigenvalue weighted by Gasteiger charge is 2.25. The normalized spacial score (nSPS) is 29.4. The number of likely N-dealkylation sites (tertiary alicyclic amines) is 1. The minimum absolute atomic E-state index is 0.317. The van der Waals surface area contributed by atoms with Gasteiger partial charge < -0.3 is 14.7 Å². The van der Waals surface area contributed by atoms with Gasteiger partial charge in [-0.25, -0.2) is 0 Å². The Morgan fingerprint density at radius 3 is 2.86 bits per heavy atom. The van der Waals surface area contributed by atoms with Crippen molar-refractivity contribution >= 4 is 0 Å². The van der Waals surface area contributed by atoms with Gasteiger partial charge in [-0.1, -0.05) is 6.92 Å². The van der Waals surface area contributed by atoms with Crippen LogP contribution in [0.5, 0.6) is 0 Å². The van der Waals surface area contributed by atoms with Crippen molar-refractivity contribution in [2.75, 3.05) is 33.4 Å². The van der Waals surface area contributed by atoms with Crippen LogP contribution in [-0.4, -0.2) is 49.5 Å². The number of piperidine rings is 1. The quantitative estimate of drug-likeness (QED) is 0.676. The summed E-state index contributed by atoms with van der Waals surface area (Å²) < 4.78 is 5.45. The molecule has 1 heterocycles. The van der Waals surface area contributed by atoms with Gasteiger partial charge in [0.25, 0.3) is 0 Å². The number of aliphatic hydroxyl groups excluding tert-OH is 1. The molecule has 0 spiro atoms. The summed E-state index contributed by atoms with van der Waals surface area (Å²) in [6.45, 7) is 5.93. The van der Waals surface area contributed by atoms with Crippen LogP contribution >= 0.6 is 0 Å². The first-order chi connectivity index (χ1) is 6.77. The van der Waals surface area contributed by atoms with Crippen molar-refractivity contribution in [1.82, 2.24) is 4.90 Å². The average Bonchev–Trinajstić information content (AvgIpc) is 2.21. The number of hydrogen-bond acceptors (Lipinski definition) is 3. The van der Waals surface area contributed by atoms with Crippen LogP contribution in [0.4, 0.5) is 0 Å². The minimum atomic E-state index is 0.317. The average molecular weight is 201 g/mol. The smallest absolute Gasteiger partial charge is 0.0724 e. The van der Waals surface area contributed by atoms with E-state index in [9.17, 15) is 0 Å². The molecule has 0 aromatic carbocycles. The SMILES string of the molecule is COC1CN(CCCCO)CCC1C. The van der Waals surface area contributed by atoms with Crippen molar-refractivity contribution in [2.24, 2.45) is 5.92 Å². The molecule has 0 radical (unpaired) electrons. The molecule has 1 rings (SSSR count). The molecule has 0 saturated carbocycles. The highest BCUT2D eigenvalue weighted by molar-refractivity contribution is 4.78. The summed E-state index contributed by atoms with van der Waals surface area (Å²) >= 11 is 0. The van der Waals surface area contributed by atoms with Crippen LogP contribution in [0.2, 0.25) is 0 Å². The number of nitrogens with zero attached hydrogens (tertiary/aromatic N) is 1. The Bertz CT molecular complexity index is 152. The summed E-state index contributed by atoms with van der Waals surface area (Å²) in [6.07, 6.45) is 3.65. The van der Waals surface area contributed by atoms with Crippen LogP contribution in [0.1, 0.15) is 26.2 Å². The Hall–Kier alpha value is -0.120. The van der Waals surface area contributed by atoms with Crippen molar-refractivity contribution in [3.63, 3.8) is 0 Å². The largest absolute Gasteiger partial charge is 0.396 e. The van der Waals surface area contributed by atoms with E-state index in [1.807, 2.05) is 0 Å². The summed E-state index contributed by atoms with van der Waals surface area (Å²) in [5, 5.41) is 8.69. The number of rotatable bonds is 5. The lowest BCUT2D eigenvalue weighted by Gasteiger charge is -2.36. The second-order valence-electron chi connectivity index (χ2n) is 4.27. The minimum Gasteiger partial charge on any atom is -0.396 e. The zero-order valence-corrected chi connectivity index (χ0v) is 9.41. The fraction of sp³-hybridized carbons (Fsp3) is 1.00. The first-order valence-corrected chi connectivity index (χ1v) is 5.64. The molecule has 0 bridgehead atoms. The highest BCUT2D eigenvalue weighted by atomic mass is 16.5. The molecule has 1 saturated heterocycles. The number of ether oxygens (including phenoxy) is 1. The highest BCUT2D eigenvalue weighted by Crippen LogP contribution is 2.19. The lowest BCUT2D eigenvalue weighted by molar-refractivity contribution is -0.00547. The molecule has 1 aliphatic rings. The predicted octanol–water partition coefficient (Wildman–Crippen LogP) is 1.12. The van der Waals surface area contributed by atoms with Crippen LogP contribution in [0.15, 0.2) is 0 Å². The molecule has 1 N–H and O–H groups in total. The molecule has 3 nitrogen and oxygen atoms in total. The third kappa shape index (κ3) is 3.56. The molecular weight excluding hydrogens is 178 g/mol. The van der Waals surface area contributed by atoms with Gasteiger partial charge in [-0.05, 0) is 38.3 Å². The van der Waals surface area contributed by atoms with Gasteiger partial charge in [-0.3, -0.25) is 0 Å². The van der Waals surface area contributed by atoms with E-state index in [0.29, 0.717) is 18.6 Å². The monoisotopic (exact) mass is 201 g/mol. The van der Waals surface area contributed by atoms with E-state index in [1.165, 1.54) is 13.0 Å². The summed E-state index contributed by atoms with van der Waals surface area (Å²) in [4.78, 5) is 2.45.